The van der Waals surface area contributed by atoms with Crippen molar-refractivity contribution in [1.82, 2.24) is 10.6 Å². The molecule has 0 heterocycles. The van der Waals surface area contributed by atoms with E-state index in [9.17, 15) is 9.59 Å². The van der Waals surface area contributed by atoms with Crippen molar-refractivity contribution in [2.45, 2.75) is 20.3 Å². The van der Waals surface area contributed by atoms with Crippen LogP contribution in [0, 0.1) is 6.92 Å². The van der Waals surface area contributed by atoms with E-state index >= 15 is 0 Å². The van der Waals surface area contributed by atoms with Crippen LogP contribution in [0.15, 0.2) is 30.3 Å². The maximum absolute atomic E-state index is 11.5. The van der Waals surface area contributed by atoms with Crippen molar-refractivity contribution in [3.05, 3.63) is 41.5 Å². The third-order valence-corrected chi connectivity index (χ3v) is 2.46. The van der Waals surface area contributed by atoms with E-state index < -0.39 is 0 Å². The van der Waals surface area contributed by atoms with Crippen molar-refractivity contribution < 1.29 is 9.59 Å². The molecule has 0 atom stereocenters. The average molecular weight is 260 g/mol. The third-order valence-electron chi connectivity index (χ3n) is 2.46. The van der Waals surface area contributed by atoms with Gasteiger partial charge in [-0.05, 0) is 25.0 Å². The first-order chi connectivity index (χ1) is 9.11. The molecule has 0 fully saturated rings. The van der Waals surface area contributed by atoms with Crippen LogP contribution in [0.25, 0.3) is 6.08 Å². The minimum atomic E-state index is -0.270. The maximum Gasteiger partial charge on any atom is 0.244 e. The number of carbonyl (C=O) groups excluding carboxylic acids is 2. The van der Waals surface area contributed by atoms with E-state index in [1.807, 2.05) is 38.1 Å². The summed E-state index contributed by atoms with van der Waals surface area (Å²) in [7, 11) is 0. The molecule has 1 aromatic rings. The van der Waals surface area contributed by atoms with Gasteiger partial charge in [-0.1, -0.05) is 36.8 Å². The van der Waals surface area contributed by atoms with E-state index in [2.05, 4.69) is 10.6 Å². The lowest BCUT2D eigenvalue weighted by Crippen LogP contribution is -2.36. The Morgan fingerprint density at radius 3 is 2.74 bits per heavy atom. The molecule has 102 valence electrons. The van der Waals surface area contributed by atoms with Crippen molar-refractivity contribution in [2.24, 2.45) is 0 Å². The standard InChI is InChI=1S/C15H20N2O2/c1-3-9-16-15(19)11-17-14(18)8-7-13-6-4-5-12(2)10-13/h4-8,10H,3,9,11H2,1-2H3,(H,16,19)(H,17,18)/b8-7+. The molecule has 0 unspecified atom stereocenters. The first kappa shape index (κ1) is 15.0. The average Bonchev–Trinajstić information content (AvgIpc) is 2.40. The van der Waals surface area contributed by atoms with Crippen LogP contribution in [0.1, 0.15) is 24.5 Å². The van der Waals surface area contributed by atoms with Crippen LogP contribution < -0.4 is 10.6 Å². The van der Waals surface area contributed by atoms with Gasteiger partial charge in [-0.3, -0.25) is 9.59 Å². The summed E-state index contributed by atoms with van der Waals surface area (Å²) >= 11 is 0. The molecule has 0 saturated carbocycles. The first-order valence-electron chi connectivity index (χ1n) is 6.41. The van der Waals surface area contributed by atoms with Gasteiger partial charge < -0.3 is 10.6 Å². The highest BCUT2D eigenvalue weighted by Crippen LogP contribution is 2.05. The van der Waals surface area contributed by atoms with Gasteiger partial charge in [-0.15, -0.1) is 0 Å². The highest BCUT2D eigenvalue weighted by molar-refractivity contribution is 5.94. The Bertz CT molecular complexity index is 467. The van der Waals surface area contributed by atoms with E-state index in [4.69, 9.17) is 0 Å². The van der Waals surface area contributed by atoms with E-state index in [1.165, 1.54) is 6.08 Å². The Kier molecular flexibility index (Phi) is 6.36. The summed E-state index contributed by atoms with van der Waals surface area (Å²) in [6.07, 6.45) is 4.04. The molecule has 0 spiro atoms. The van der Waals surface area contributed by atoms with Gasteiger partial charge in [0.15, 0.2) is 0 Å². The Labute approximate surface area is 113 Å². The Balaban J connectivity index is 2.37. The molecule has 4 nitrogen and oxygen atoms in total. The molecule has 0 aromatic heterocycles. The molecule has 0 saturated heterocycles. The van der Waals surface area contributed by atoms with Gasteiger partial charge in [-0.25, -0.2) is 0 Å². The predicted octanol–water partition coefficient (Wildman–Crippen LogP) is 1.65. The summed E-state index contributed by atoms with van der Waals surface area (Å²) in [6.45, 7) is 4.61. The summed E-state index contributed by atoms with van der Waals surface area (Å²) in [5.41, 5.74) is 2.10. The summed E-state index contributed by atoms with van der Waals surface area (Å²) in [5.74, 6) is -0.438. The molecule has 2 N–H and O–H groups in total. The molecule has 19 heavy (non-hydrogen) atoms. The van der Waals surface area contributed by atoms with Gasteiger partial charge in [0.2, 0.25) is 11.8 Å². The number of rotatable bonds is 6. The van der Waals surface area contributed by atoms with Crippen molar-refractivity contribution in [3.8, 4) is 0 Å². The number of hydrogen-bond acceptors (Lipinski definition) is 2. The zero-order valence-corrected chi connectivity index (χ0v) is 11.4. The largest absolute Gasteiger partial charge is 0.355 e. The van der Waals surface area contributed by atoms with E-state index in [0.29, 0.717) is 6.54 Å². The fourth-order valence-corrected chi connectivity index (χ4v) is 1.50. The first-order valence-corrected chi connectivity index (χ1v) is 6.41. The van der Waals surface area contributed by atoms with Crippen LogP contribution in [0.2, 0.25) is 0 Å². The SMILES string of the molecule is CCCNC(=O)CNC(=O)/C=C/c1cccc(C)c1. The van der Waals surface area contributed by atoms with Gasteiger partial charge in [0, 0.05) is 12.6 Å². The molecule has 0 aliphatic carbocycles. The van der Waals surface area contributed by atoms with Crippen LogP contribution >= 0.6 is 0 Å². The second kappa shape index (κ2) is 8.08. The topological polar surface area (TPSA) is 58.2 Å². The lowest BCUT2D eigenvalue weighted by Gasteiger charge is -2.03. The molecule has 0 aliphatic heterocycles. The third kappa shape index (κ3) is 6.41. The highest BCUT2D eigenvalue weighted by Gasteiger charge is 2.01. The van der Waals surface area contributed by atoms with Crippen LogP contribution in [0.5, 0.6) is 0 Å². The lowest BCUT2D eigenvalue weighted by molar-refractivity contribution is -0.123. The minimum Gasteiger partial charge on any atom is -0.355 e. The van der Waals surface area contributed by atoms with Gasteiger partial charge in [0.05, 0.1) is 6.54 Å². The highest BCUT2D eigenvalue weighted by atomic mass is 16.2. The fourth-order valence-electron chi connectivity index (χ4n) is 1.50. The second-order valence-corrected chi connectivity index (χ2v) is 4.32. The molecule has 0 aliphatic rings. The quantitative estimate of drug-likeness (QED) is 0.764. The zero-order valence-electron chi connectivity index (χ0n) is 11.4. The lowest BCUT2D eigenvalue weighted by atomic mass is 10.1. The molecular weight excluding hydrogens is 240 g/mol. The monoisotopic (exact) mass is 260 g/mol. The number of benzene rings is 1. The zero-order chi connectivity index (χ0) is 14.1. The molecule has 2 amide bonds. The van der Waals surface area contributed by atoms with Gasteiger partial charge >= 0.3 is 0 Å². The number of hydrogen-bond donors (Lipinski definition) is 2. The van der Waals surface area contributed by atoms with Crippen molar-refractivity contribution >= 4 is 17.9 Å². The van der Waals surface area contributed by atoms with Crippen molar-refractivity contribution in [1.29, 1.82) is 0 Å². The Hall–Kier alpha value is -2.10. The Morgan fingerprint density at radius 2 is 2.05 bits per heavy atom. The molecule has 4 heteroatoms. The molecule has 1 aromatic carbocycles. The number of nitrogens with one attached hydrogen (secondary N) is 2. The summed E-state index contributed by atoms with van der Waals surface area (Å²) in [5, 5.41) is 5.23. The second-order valence-electron chi connectivity index (χ2n) is 4.32. The molecule has 0 bridgehead atoms. The maximum atomic E-state index is 11.5. The van der Waals surface area contributed by atoms with Gasteiger partial charge in [0.25, 0.3) is 0 Å². The molecule has 0 radical (unpaired) electrons. The number of amides is 2. The normalized spacial score (nSPS) is 10.4. The smallest absolute Gasteiger partial charge is 0.244 e. The minimum absolute atomic E-state index is 0.0109. The van der Waals surface area contributed by atoms with Crippen molar-refractivity contribution in [2.75, 3.05) is 13.1 Å². The van der Waals surface area contributed by atoms with E-state index in [-0.39, 0.29) is 18.4 Å². The van der Waals surface area contributed by atoms with Crippen LogP contribution in [-0.4, -0.2) is 24.9 Å². The van der Waals surface area contributed by atoms with E-state index in [1.54, 1.807) is 6.08 Å². The molecular formula is C15H20N2O2. The summed E-state index contributed by atoms with van der Waals surface area (Å²) in [4.78, 5) is 22.8. The van der Waals surface area contributed by atoms with Gasteiger partial charge in [0.1, 0.15) is 0 Å². The fraction of sp³-hybridized carbons (Fsp3) is 0.333. The van der Waals surface area contributed by atoms with Crippen molar-refractivity contribution in [3.63, 3.8) is 0 Å². The van der Waals surface area contributed by atoms with Crippen LogP contribution in [-0.2, 0) is 9.59 Å². The van der Waals surface area contributed by atoms with Crippen LogP contribution in [0.3, 0.4) is 0 Å². The van der Waals surface area contributed by atoms with E-state index in [0.717, 1.165) is 17.5 Å². The predicted molar refractivity (Wildman–Crippen MR) is 76.5 cm³/mol. The number of aryl methyl sites for hydroxylation is 1. The Morgan fingerprint density at radius 1 is 1.26 bits per heavy atom. The summed E-state index contributed by atoms with van der Waals surface area (Å²) in [6, 6.07) is 7.84. The summed E-state index contributed by atoms with van der Waals surface area (Å²) < 4.78 is 0. The van der Waals surface area contributed by atoms with Gasteiger partial charge in [-0.2, -0.15) is 0 Å². The number of carbonyl (C=O) groups is 2. The van der Waals surface area contributed by atoms with Crippen LogP contribution in [0.4, 0.5) is 0 Å². The molecule has 1 rings (SSSR count).